The molecule has 7 nitrogen and oxygen atoms in total. The van der Waals surface area contributed by atoms with Crippen LogP contribution in [0.2, 0.25) is 5.02 Å². The molecule has 3 fully saturated rings. The van der Waals surface area contributed by atoms with E-state index >= 15 is 0 Å². The van der Waals surface area contributed by atoms with Gasteiger partial charge in [0, 0.05) is 23.3 Å². The van der Waals surface area contributed by atoms with Crippen LogP contribution in [0, 0.1) is 17.8 Å². The number of benzene rings is 2. The summed E-state index contributed by atoms with van der Waals surface area (Å²) < 4.78 is 6.50. The van der Waals surface area contributed by atoms with Crippen molar-refractivity contribution in [1.82, 2.24) is 10.2 Å². The number of carbonyl (C=O) groups excluding carboxylic acids is 3. The van der Waals surface area contributed by atoms with E-state index in [1.807, 2.05) is 54.6 Å². The van der Waals surface area contributed by atoms with E-state index in [4.69, 9.17) is 16.3 Å². The van der Waals surface area contributed by atoms with Gasteiger partial charge in [-0.2, -0.15) is 0 Å². The second-order valence-corrected chi connectivity index (χ2v) is 12.8. The second kappa shape index (κ2) is 10.9. The Balaban J connectivity index is 1.31. The number of nitrogens with one attached hydrogen (secondary N) is 2. The summed E-state index contributed by atoms with van der Waals surface area (Å²) >= 11 is 6.50. The van der Waals surface area contributed by atoms with Crippen LogP contribution in [0.25, 0.3) is 0 Å². The number of halogens is 1. The first-order valence-corrected chi connectivity index (χ1v) is 15.2. The molecule has 0 aromatic heterocycles. The van der Waals surface area contributed by atoms with Crippen LogP contribution < -0.4 is 10.6 Å². The number of rotatable bonds is 7. The Bertz CT molecular complexity index is 1370. The third kappa shape index (κ3) is 4.87. The van der Waals surface area contributed by atoms with Crippen LogP contribution in [0.15, 0.2) is 60.7 Å². The highest BCUT2D eigenvalue weighted by molar-refractivity contribution is 6.31. The molecule has 6 rings (SSSR count). The van der Waals surface area contributed by atoms with E-state index in [9.17, 15) is 14.4 Å². The number of likely N-dealkylation sites (tertiary alicyclic amines) is 1. The number of nitrogens with zero attached hydrogens (tertiary/aromatic N) is 1. The monoisotopic (exact) mass is 575 g/mol. The smallest absolute Gasteiger partial charge is 0.246 e. The molecule has 3 heterocycles. The summed E-state index contributed by atoms with van der Waals surface area (Å²) in [6, 6.07) is 14.2. The molecule has 216 valence electrons. The van der Waals surface area contributed by atoms with Gasteiger partial charge in [-0.1, -0.05) is 87.7 Å². The lowest BCUT2D eigenvalue weighted by Crippen LogP contribution is -2.57. The Hall–Kier alpha value is -3.16. The molecule has 7 atom stereocenters. The quantitative estimate of drug-likeness (QED) is 0.430. The van der Waals surface area contributed by atoms with Crippen LogP contribution in [-0.2, 0) is 25.7 Å². The summed E-state index contributed by atoms with van der Waals surface area (Å²) in [5.41, 5.74) is 1.37. The molecule has 1 saturated carbocycles. The van der Waals surface area contributed by atoms with Crippen LogP contribution in [0.4, 0.5) is 5.69 Å². The molecule has 8 heteroatoms. The molecule has 4 aliphatic rings. The maximum Gasteiger partial charge on any atom is 0.246 e. The number of carbonyl (C=O) groups is 3. The molecule has 2 N–H and O–H groups in total. The first kappa shape index (κ1) is 28.0. The van der Waals surface area contributed by atoms with Crippen LogP contribution >= 0.6 is 11.6 Å². The van der Waals surface area contributed by atoms with Gasteiger partial charge in [-0.05, 0) is 54.0 Å². The van der Waals surface area contributed by atoms with Crippen LogP contribution in [0.3, 0.4) is 0 Å². The van der Waals surface area contributed by atoms with Crippen LogP contribution in [0.1, 0.15) is 63.5 Å². The zero-order chi connectivity index (χ0) is 28.9. The molecule has 0 radical (unpaired) electrons. The molecule has 2 aromatic carbocycles. The fourth-order valence-electron chi connectivity index (χ4n) is 7.22. The SMILES string of the molecule is CC(C)c1ccc(NC(=O)[C@@H]2[C@@H]3C=C[C@]4(O3)[C@@H]2C(=O)N(Cc2ccccc2Cl)[C@H]4C(=O)N[C@@H]2CCCC[C@H]2C)cc1. The zero-order valence-electron chi connectivity index (χ0n) is 23.8. The predicted molar refractivity (Wildman–Crippen MR) is 158 cm³/mol. The maximum absolute atomic E-state index is 14.3. The third-order valence-corrected chi connectivity index (χ3v) is 9.88. The molecule has 1 aliphatic carbocycles. The highest BCUT2D eigenvalue weighted by Crippen LogP contribution is 2.55. The topological polar surface area (TPSA) is 87.7 Å². The van der Waals surface area contributed by atoms with Crippen LogP contribution in [0.5, 0.6) is 0 Å². The fraction of sp³-hybridized carbons (Fsp3) is 0.485. The summed E-state index contributed by atoms with van der Waals surface area (Å²) in [6.07, 6.45) is 7.31. The Morgan fingerprint density at radius 1 is 1.07 bits per heavy atom. The summed E-state index contributed by atoms with van der Waals surface area (Å²) in [7, 11) is 0. The number of fused-ring (bicyclic) bond motifs is 1. The molecule has 41 heavy (non-hydrogen) atoms. The van der Waals surface area contributed by atoms with Crippen molar-refractivity contribution in [3.63, 3.8) is 0 Å². The van der Waals surface area contributed by atoms with Gasteiger partial charge in [0.1, 0.15) is 11.6 Å². The van der Waals surface area contributed by atoms with E-state index < -0.39 is 29.6 Å². The number of anilines is 1. The summed E-state index contributed by atoms with van der Waals surface area (Å²) in [5.74, 6) is -1.61. The Labute approximate surface area is 246 Å². The molecular formula is C33H38ClN3O4. The molecule has 0 unspecified atom stereocenters. The van der Waals surface area contributed by atoms with Crippen molar-refractivity contribution >= 4 is 35.0 Å². The number of hydrogen-bond donors (Lipinski definition) is 2. The van der Waals surface area contributed by atoms with E-state index in [2.05, 4.69) is 31.4 Å². The Morgan fingerprint density at radius 3 is 2.51 bits per heavy atom. The van der Waals surface area contributed by atoms with E-state index in [0.29, 0.717) is 22.5 Å². The molecule has 3 aliphatic heterocycles. The first-order chi connectivity index (χ1) is 19.7. The van der Waals surface area contributed by atoms with Crippen molar-refractivity contribution in [3.05, 3.63) is 76.8 Å². The van der Waals surface area contributed by atoms with Crippen molar-refractivity contribution in [3.8, 4) is 0 Å². The Morgan fingerprint density at radius 2 is 1.80 bits per heavy atom. The standard InChI is InChI=1S/C33H38ClN3O4/c1-19(2)21-12-14-23(15-13-21)35-30(38)27-26-16-17-33(41-26)28(27)32(40)37(18-22-9-5-6-10-24(22)34)29(33)31(39)36-25-11-7-4-8-20(25)3/h5-6,9-10,12-17,19-20,25-29H,4,7-8,11,18H2,1-3H3,(H,35,38)(H,36,39)/t20-,25-,26+,27-,28+,29+,33+/m1/s1. The van der Waals surface area contributed by atoms with Crippen LogP contribution in [-0.4, -0.2) is 46.4 Å². The van der Waals surface area contributed by atoms with Gasteiger partial charge in [-0.25, -0.2) is 0 Å². The molecule has 2 saturated heterocycles. The minimum absolute atomic E-state index is 0.0412. The van der Waals surface area contributed by atoms with Gasteiger partial charge in [0.2, 0.25) is 17.7 Å². The average molecular weight is 576 g/mol. The highest BCUT2D eigenvalue weighted by atomic mass is 35.5. The molecule has 2 bridgehead atoms. The summed E-state index contributed by atoms with van der Waals surface area (Å²) in [4.78, 5) is 43.7. The zero-order valence-corrected chi connectivity index (χ0v) is 24.6. The Kier molecular flexibility index (Phi) is 7.45. The lowest BCUT2D eigenvalue weighted by atomic mass is 9.74. The minimum Gasteiger partial charge on any atom is -0.359 e. The van der Waals surface area contributed by atoms with Crippen molar-refractivity contribution in [2.45, 2.75) is 82.7 Å². The van der Waals surface area contributed by atoms with Gasteiger partial charge < -0.3 is 20.3 Å². The molecule has 3 amide bonds. The third-order valence-electron chi connectivity index (χ3n) is 9.51. The maximum atomic E-state index is 14.3. The van der Waals surface area contributed by atoms with Gasteiger partial charge in [0.05, 0.1) is 17.9 Å². The van der Waals surface area contributed by atoms with E-state index in [1.54, 1.807) is 11.0 Å². The van der Waals surface area contributed by atoms with Gasteiger partial charge in [0.15, 0.2) is 0 Å². The van der Waals surface area contributed by atoms with Gasteiger partial charge in [-0.15, -0.1) is 0 Å². The normalized spacial score (nSPS) is 31.9. The van der Waals surface area contributed by atoms with Gasteiger partial charge >= 0.3 is 0 Å². The summed E-state index contributed by atoms with van der Waals surface area (Å²) in [6.45, 7) is 6.56. The van der Waals surface area contributed by atoms with Gasteiger partial charge in [-0.3, -0.25) is 14.4 Å². The second-order valence-electron chi connectivity index (χ2n) is 12.4. The van der Waals surface area contributed by atoms with E-state index in [0.717, 1.165) is 31.2 Å². The number of hydrogen-bond acceptors (Lipinski definition) is 4. The van der Waals surface area contributed by atoms with E-state index in [1.165, 1.54) is 5.56 Å². The molecular weight excluding hydrogens is 538 g/mol. The van der Waals surface area contributed by atoms with Gasteiger partial charge in [0.25, 0.3) is 0 Å². The first-order valence-electron chi connectivity index (χ1n) is 14.8. The largest absolute Gasteiger partial charge is 0.359 e. The van der Waals surface area contributed by atoms with E-state index in [-0.39, 0.29) is 30.3 Å². The molecule has 2 aromatic rings. The van der Waals surface area contributed by atoms with Crippen molar-refractivity contribution in [2.24, 2.45) is 17.8 Å². The highest BCUT2D eigenvalue weighted by Gasteiger charge is 2.72. The van der Waals surface area contributed by atoms with Crippen molar-refractivity contribution in [1.29, 1.82) is 0 Å². The van der Waals surface area contributed by atoms with Crippen molar-refractivity contribution in [2.75, 3.05) is 5.32 Å². The predicted octanol–water partition coefficient (Wildman–Crippen LogP) is 5.45. The lowest BCUT2D eigenvalue weighted by molar-refractivity contribution is -0.142. The summed E-state index contributed by atoms with van der Waals surface area (Å²) in [5, 5.41) is 6.80. The fourth-order valence-corrected chi connectivity index (χ4v) is 7.41. The van der Waals surface area contributed by atoms with Crippen molar-refractivity contribution < 1.29 is 19.1 Å². The molecule has 1 spiro atoms. The minimum atomic E-state index is -1.21. The lowest BCUT2D eigenvalue weighted by Gasteiger charge is -2.36. The number of amides is 3. The average Bonchev–Trinajstić information content (AvgIpc) is 3.59. The number of ether oxygens (including phenoxy) is 1.